The van der Waals surface area contributed by atoms with Gasteiger partial charge in [0.1, 0.15) is 0 Å². The Kier molecular flexibility index (Phi) is 6.58. The van der Waals surface area contributed by atoms with Crippen molar-refractivity contribution in [2.75, 3.05) is 12.3 Å². The third-order valence-electron chi connectivity index (χ3n) is 2.64. The lowest BCUT2D eigenvalue weighted by atomic mass is 10.2. The van der Waals surface area contributed by atoms with Gasteiger partial charge in [0.15, 0.2) is 0 Å². The van der Waals surface area contributed by atoms with E-state index in [-0.39, 0.29) is 5.97 Å². The van der Waals surface area contributed by atoms with Crippen LogP contribution in [-0.4, -0.2) is 12.6 Å². The van der Waals surface area contributed by atoms with Crippen molar-refractivity contribution in [2.24, 2.45) is 0 Å². The summed E-state index contributed by atoms with van der Waals surface area (Å²) in [6, 6.07) is 4.74. The normalized spacial score (nSPS) is 10.3. The van der Waals surface area contributed by atoms with Gasteiger partial charge in [0, 0.05) is 10.7 Å². The maximum Gasteiger partial charge on any atom is 0.338 e. The van der Waals surface area contributed by atoms with E-state index in [9.17, 15) is 4.79 Å². The number of unbranched alkanes of at least 4 members (excludes halogenated alkanes) is 4. The molecule has 0 fully saturated rings. The van der Waals surface area contributed by atoms with Gasteiger partial charge in [-0.15, -0.1) is 0 Å². The third kappa shape index (κ3) is 5.41. The molecule has 0 saturated heterocycles. The first-order valence-corrected chi connectivity index (χ1v) is 6.74. The van der Waals surface area contributed by atoms with E-state index in [1.54, 1.807) is 18.2 Å². The van der Waals surface area contributed by atoms with Crippen molar-refractivity contribution in [1.82, 2.24) is 0 Å². The number of nitrogens with two attached hydrogens (primary N) is 1. The minimum atomic E-state index is -0.361. The number of hydrogen-bond acceptors (Lipinski definition) is 3. The smallest absolute Gasteiger partial charge is 0.338 e. The highest BCUT2D eigenvalue weighted by molar-refractivity contribution is 6.31. The molecule has 0 saturated carbocycles. The number of nitrogen functional groups attached to an aromatic ring is 1. The van der Waals surface area contributed by atoms with Gasteiger partial charge in [-0.2, -0.15) is 0 Å². The molecule has 1 aromatic rings. The fourth-order valence-corrected chi connectivity index (χ4v) is 1.93. The Hall–Kier alpha value is -1.22. The van der Waals surface area contributed by atoms with Crippen LogP contribution in [0.2, 0.25) is 5.02 Å². The Bertz CT molecular complexity index is 373. The number of benzene rings is 1. The van der Waals surface area contributed by atoms with E-state index in [1.165, 1.54) is 19.3 Å². The molecular weight excluding hydrogens is 250 g/mol. The largest absolute Gasteiger partial charge is 0.462 e. The second-order valence-electron chi connectivity index (χ2n) is 4.32. The number of carbonyl (C=O) groups excluding carboxylic acids is 1. The third-order valence-corrected chi connectivity index (χ3v) is 2.86. The van der Waals surface area contributed by atoms with Gasteiger partial charge < -0.3 is 10.5 Å². The number of hydrogen-bond donors (Lipinski definition) is 1. The predicted molar refractivity (Wildman–Crippen MR) is 74.9 cm³/mol. The van der Waals surface area contributed by atoms with E-state index in [0.717, 1.165) is 12.8 Å². The average molecular weight is 270 g/mol. The molecule has 100 valence electrons. The molecule has 0 aliphatic rings. The Balaban J connectivity index is 2.32. The predicted octanol–water partition coefficient (Wildman–Crippen LogP) is 4.05. The lowest BCUT2D eigenvalue weighted by molar-refractivity contribution is 0.0497. The summed E-state index contributed by atoms with van der Waals surface area (Å²) >= 11 is 5.82. The molecule has 0 radical (unpaired) electrons. The lowest BCUT2D eigenvalue weighted by Crippen LogP contribution is -2.07. The van der Waals surface area contributed by atoms with Crippen LogP contribution in [0.4, 0.5) is 5.69 Å². The zero-order valence-electron chi connectivity index (χ0n) is 10.7. The monoisotopic (exact) mass is 269 g/mol. The maximum atomic E-state index is 11.7. The summed E-state index contributed by atoms with van der Waals surface area (Å²) in [5.41, 5.74) is 6.50. The van der Waals surface area contributed by atoms with Gasteiger partial charge in [-0.05, 0) is 24.6 Å². The van der Waals surface area contributed by atoms with Crippen molar-refractivity contribution in [2.45, 2.75) is 39.0 Å². The van der Waals surface area contributed by atoms with E-state index >= 15 is 0 Å². The summed E-state index contributed by atoms with van der Waals surface area (Å²) in [5.74, 6) is -0.361. The molecule has 0 atom stereocenters. The van der Waals surface area contributed by atoms with E-state index in [1.807, 2.05) is 0 Å². The standard InChI is InChI=1S/C14H20ClNO2/c1-2-3-4-5-6-7-18-14(17)11-8-12(15)10-13(16)9-11/h8-10H,2-7,16H2,1H3. The van der Waals surface area contributed by atoms with Gasteiger partial charge in [0.2, 0.25) is 0 Å². The highest BCUT2D eigenvalue weighted by atomic mass is 35.5. The minimum absolute atomic E-state index is 0.361. The molecule has 0 unspecified atom stereocenters. The second-order valence-corrected chi connectivity index (χ2v) is 4.76. The summed E-state index contributed by atoms with van der Waals surface area (Å²) in [6.07, 6.45) is 5.64. The van der Waals surface area contributed by atoms with Crippen LogP contribution in [0.1, 0.15) is 49.4 Å². The van der Waals surface area contributed by atoms with Crippen LogP contribution in [0.5, 0.6) is 0 Å². The minimum Gasteiger partial charge on any atom is -0.462 e. The Morgan fingerprint density at radius 3 is 2.61 bits per heavy atom. The Morgan fingerprint density at radius 1 is 1.22 bits per heavy atom. The van der Waals surface area contributed by atoms with Crippen molar-refractivity contribution < 1.29 is 9.53 Å². The van der Waals surface area contributed by atoms with Gasteiger partial charge in [-0.25, -0.2) is 4.79 Å². The van der Waals surface area contributed by atoms with Crippen LogP contribution in [0, 0.1) is 0 Å². The molecule has 1 aromatic carbocycles. The average Bonchev–Trinajstić information content (AvgIpc) is 2.32. The van der Waals surface area contributed by atoms with Crippen LogP contribution >= 0.6 is 11.6 Å². The number of ether oxygens (including phenoxy) is 1. The van der Waals surface area contributed by atoms with Gasteiger partial charge >= 0.3 is 5.97 Å². The van der Waals surface area contributed by atoms with Gasteiger partial charge in [0.05, 0.1) is 12.2 Å². The van der Waals surface area contributed by atoms with Crippen molar-refractivity contribution in [3.05, 3.63) is 28.8 Å². The number of rotatable bonds is 7. The molecule has 1 rings (SSSR count). The zero-order chi connectivity index (χ0) is 13.4. The van der Waals surface area contributed by atoms with Crippen molar-refractivity contribution in [3.8, 4) is 0 Å². The molecule has 0 aliphatic heterocycles. The molecule has 4 heteroatoms. The number of carbonyl (C=O) groups is 1. The number of esters is 1. The van der Waals surface area contributed by atoms with E-state index < -0.39 is 0 Å². The highest BCUT2D eigenvalue weighted by Crippen LogP contribution is 2.17. The summed E-state index contributed by atoms with van der Waals surface area (Å²) < 4.78 is 5.17. The zero-order valence-corrected chi connectivity index (χ0v) is 11.5. The second kappa shape index (κ2) is 7.98. The van der Waals surface area contributed by atoms with E-state index in [0.29, 0.717) is 22.9 Å². The van der Waals surface area contributed by atoms with Gasteiger partial charge in [0.25, 0.3) is 0 Å². The van der Waals surface area contributed by atoms with Crippen LogP contribution in [0.3, 0.4) is 0 Å². The Morgan fingerprint density at radius 2 is 1.94 bits per heavy atom. The molecule has 0 aliphatic carbocycles. The summed E-state index contributed by atoms with van der Waals surface area (Å²) in [6.45, 7) is 2.62. The SMILES string of the molecule is CCCCCCCOC(=O)c1cc(N)cc(Cl)c1. The fourth-order valence-electron chi connectivity index (χ4n) is 1.68. The topological polar surface area (TPSA) is 52.3 Å². The lowest BCUT2D eigenvalue weighted by Gasteiger charge is -2.06. The molecule has 0 bridgehead atoms. The molecule has 2 N–H and O–H groups in total. The van der Waals surface area contributed by atoms with Crippen molar-refractivity contribution >= 4 is 23.3 Å². The summed E-state index contributed by atoms with van der Waals surface area (Å²) in [5, 5.41) is 0.449. The molecule has 0 heterocycles. The molecule has 18 heavy (non-hydrogen) atoms. The van der Waals surface area contributed by atoms with Crippen LogP contribution in [-0.2, 0) is 4.74 Å². The maximum absolute atomic E-state index is 11.7. The quantitative estimate of drug-likeness (QED) is 0.462. The Labute approximate surface area is 113 Å². The highest BCUT2D eigenvalue weighted by Gasteiger charge is 2.08. The van der Waals surface area contributed by atoms with Crippen LogP contribution < -0.4 is 5.73 Å². The summed E-state index contributed by atoms with van der Waals surface area (Å²) in [7, 11) is 0. The van der Waals surface area contributed by atoms with Crippen LogP contribution in [0.25, 0.3) is 0 Å². The number of anilines is 1. The molecular formula is C14H20ClNO2. The van der Waals surface area contributed by atoms with Crippen molar-refractivity contribution in [3.63, 3.8) is 0 Å². The van der Waals surface area contributed by atoms with Crippen molar-refractivity contribution in [1.29, 1.82) is 0 Å². The first-order chi connectivity index (χ1) is 8.63. The summed E-state index contributed by atoms with van der Waals surface area (Å²) in [4.78, 5) is 11.7. The van der Waals surface area contributed by atoms with Gasteiger partial charge in [-0.1, -0.05) is 44.2 Å². The number of halogens is 1. The molecule has 0 amide bonds. The van der Waals surface area contributed by atoms with Gasteiger partial charge in [-0.3, -0.25) is 0 Å². The van der Waals surface area contributed by atoms with Crippen LogP contribution in [0.15, 0.2) is 18.2 Å². The van der Waals surface area contributed by atoms with E-state index in [4.69, 9.17) is 22.1 Å². The first-order valence-electron chi connectivity index (χ1n) is 6.36. The molecule has 0 aromatic heterocycles. The fraction of sp³-hybridized carbons (Fsp3) is 0.500. The molecule has 0 spiro atoms. The van der Waals surface area contributed by atoms with E-state index in [2.05, 4.69) is 6.92 Å². The first kappa shape index (κ1) is 14.8. The molecule has 3 nitrogen and oxygen atoms in total.